The lowest BCUT2D eigenvalue weighted by atomic mass is 9.90. The van der Waals surface area contributed by atoms with Crippen LogP contribution in [0.4, 0.5) is 30.7 Å². The molecule has 0 radical (unpaired) electrons. The molecule has 0 spiro atoms. The van der Waals surface area contributed by atoms with Gasteiger partial charge in [0.15, 0.2) is 0 Å². The molecule has 0 amide bonds. The fourth-order valence-corrected chi connectivity index (χ4v) is 5.67. The van der Waals surface area contributed by atoms with Gasteiger partial charge in [-0.3, -0.25) is 0 Å². The fraction of sp³-hybridized carbons (Fsp3) is 0.343. The summed E-state index contributed by atoms with van der Waals surface area (Å²) < 4.78 is 108. The summed E-state index contributed by atoms with van der Waals surface area (Å²) in [4.78, 5) is 12.9. The Bertz CT molecular complexity index is 1800. The Morgan fingerprint density at radius 1 is 0.889 bits per heavy atom. The van der Waals surface area contributed by atoms with Crippen LogP contribution < -0.4 is 4.74 Å². The first-order chi connectivity index (χ1) is 21.4. The minimum Gasteiger partial charge on any atom is -0.423 e. The van der Waals surface area contributed by atoms with E-state index in [1.165, 1.54) is 37.7 Å². The van der Waals surface area contributed by atoms with Crippen molar-refractivity contribution < 1.29 is 45.0 Å². The van der Waals surface area contributed by atoms with Gasteiger partial charge in [0.2, 0.25) is 0 Å². The van der Waals surface area contributed by atoms with Crippen molar-refractivity contribution in [3.63, 3.8) is 0 Å². The number of carbonyl (C=O) groups excluding carboxylic acids is 1. The highest BCUT2D eigenvalue weighted by Gasteiger charge is 2.27. The van der Waals surface area contributed by atoms with Crippen LogP contribution in [0.3, 0.4) is 0 Å². The zero-order valence-corrected chi connectivity index (χ0v) is 24.3. The van der Waals surface area contributed by atoms with Crippen molar-refractivity contribution in [3.05, 3.63) is 88.5 Å². The second-order valence-electron chi connectivity index (χ2n) is 11.2. The lowest BCUT2D eigenvalue weighted by Gasteiger charge is -2.29. The third-order valence-corrected chi connectivity index (χ3v) is 8.00. The predicted molar refractivity (Wildman–Crippen MR) is 156 cm³/mol. The van der Waals surface area contributed by atoms with Crippen LogP contribution in [-0.4, -0.2) is 18.8 Å². The van der Waals surface area contributed by atoms with Crippen LogP contribution in [0.25, 0.3) is 21.5 Å². The van der Waals surface area contributed by atoms with Gasteiger partial charge in [-0.25, -0.2) is 22.4 Å². The van der Waals surface area contributed by atoms with E-state index in [9.17, 15) is 26.7 Å². The Kier molecular flexibility index (Phi) is 9.68. The topological polar surface area (TPSA) is 35.5 Å². The number of unbranched alkanes of at least 4 members (excludes halogenated alkanes) is 3. The van der Waals surface area contributed by atoms with E-state index in [1.807, 2.05) is 0 Å². The van der Waals surface area contributed by atoms with Crippen molar-refractivity contribution in [2.24, 2.45) is 5.92 Å². The van der Waals surface area contributed by atoms with Gasteiger partial charge < -0.3 is 9.47 Å². The summed E-state index contributed by atoms with van der Waals surface area (Å²) in [6.45, 7) is 2.80. The number of hydrogen-bond acceptors (Lipinski definition) is 3. The molecule has 0 aliphatic carbocycles. The zero-order valence-electron chi connectivity index (χ0n) is 24.3. The molecule has 2 atom stereocenters. The number of fused-ring (bicyclic) bond motifs is 2. The van der Waals surface area contributed by atoms with E-state index >= 15 is 8.78 Å². The molecule has 0 saturated carbocycles. The van der Waals surface area contributed by atoms with E-state index in [4.69, 9.17) is 9.47 Å². The van der Waals surface area contributed by atoms with E-state index in [2.05, 4.69) is 6.92 Å². The molecule has 2 unspecified atom stereocenters. The van der Waals surface area contributed by atoms with Gasteiger partial charge in [-0.05, 0) is 77.9 Å². The number of carbonyl (C=O) groups is 1. The summed E-state index contributed by atoms with van der Waals surface area (Å²) in [6, 6.07) is 9.64. The quantitative estimate of drug-likeness (QED) is 0.0639. The third kappa shape index (κ3) is 7.42. The normalized spacial score (nSPS) is 16.9. The Balaban J connectivity index is 1.32. The van der Waals surface area contributed by atoms with E-state index < -0.39 is 46.5 Å². The molecular weight excluding hydrogens is 601 g/mol. The first-order valence-corrected chi connectivity index (χ1v) is 14.7. The molecule has 1 heterocycles. The smallest absolute Gasteiger partial charge is 0.423 e. The summed E-state index contributed by atoms with van der Waals surface area (Å²) in [7, 11) is 0. The van der Waals surface area contributed by atoms with Gasteiger partial charge in [-0.1, -0.05) is 50.7 Å². The van der Waals surface area contributed by atoms with Gasteiger partial charge >= 0.3 is 12.1 Å². The molecule has 236 valence electrons. The monoisotopic (exact) mass is 630 g/mol. The van der Waals surface area contributed by atoms with E-state index in [0.717, 1.165) is 55.0 Å². The SMILES string of the molecule is CCCCCCC1CCC(c2ccc3c(F)c(C(=O)Oc4ccc5c(F)c(C#CC(F)(F)F)c(F)cc5c4)c(F)cc3c2)OC1. The number of ether oxygens (including phenoxy) is 2. The van der Waals surface area contributed by atoms with Crippen molar-refractivity contribution in [3.8, 4) is 17.6 Å². The Labute approximate surface area is 255 Å². The second kappa shape index (κ2) is 13.5. The van der Waals surface area contributed by atoms with Crippen LogP contribution in [0.1, 0.15) is 79.5 Å². The molecule has 0 aromatic heterocycles. The predicted octanol–water partition coefficient (Wildman–Crippen LogP) is 10.1. The molecule has 1 fully saturated rings. The molecule has 45 heavy (non-hydrogen) atoms. The van der Waals surface area contributed by atoms with Crippen molar-refractivity contribution >= 4 is 27.5 Å². The summed E-state index contributed by atoms with van der Waals surface area (Å²) >= 11 is 0. The van der Waals surface area contributed by atoms with Crippen molar-refractivity contribution in [1.82, 2.24) is 0 Å². The van der Waals surface area contributed by atoms with Crippen LogP contribution >= 0.6 is 0 Å². The summed E-state index contributed by atoms with van der Waals surface area (Å²) in [5.74, 6) is -3.93. The minimum atomic E-state index is -4.96. The molecule has 10 heteroatoms. The molecular formula is C35H29F7O3. The van der Waals surface area contributed by atoms with E-state index in [-0.39, 0.29) is 33.4 Å². The zero-order chi connectivity index (χ0) is 32.3. The second-order valence-corrected chi connectivity index (χ2v) is 11.2. The number of hydrogen-bond donors (Lipinski definition) is 0. The summed E-state index contributed by atoms with van der Waals surface area (Å²) in [5.41, 5.74) is -1.25. The number of halogens is 7. The maximum absolute atomic E-state index is 15.5. The van der Waals surface area contributed by atoms with Gasteiger partial charge in [0.05, 0.1) is 18.3 Å². The van der Waals surface area contributed by atoms with Crippen LogP contribution in [0.15, 0.2) is 48.5 Å². The van der Waals surface area contributed by atoms with Gasteiger partial charge in [0.1, 0.15) is 34.6 Å². The Morgan fingerprint density at radius 2 is 1.60 bits per heavy atom. The molecule has 0 bridgehead atoms. The largest absolute Gasteiger partial charge is 0.458 e. The van der Waals surface area contributed by atoms with Gasteiger partial charge in [-0.15, -0.1) is 0 Å². The van der Waals surface area contributed by atoms with Crippen LogP contribution in [-0.2, 0) is 4.74 Å². The standard InChI is InChI=1S/C35H29F7O3/c1-2-3-4-5-6-20-7-12-30(44-19-20)21-8-10-26-22(15-21)18-29(37)31(33(26)39)34(43)45-24-9-11-25-23(16-24)17-28(36)27(32(25)38)13-14-35(40,41)42/h8-11,15-18,20,30H,2-7,12,19H2,1H3. The van der Waals surface area contributed by atoms with Crippen LogP contribution in [0, 0.1) is 41.0 Å². The molecule has 5 rings (SSSR count). The first kappa shape index (κ1) is 32.3. The first-order valence-electron chi connectivity index (χ1n) is 14.7. The Hall–Kier alpha value is -4.10. The highest BCUT2D eigenvalue weighted by Crippen LogP contribution is 2.36. The molecule has 4 aromatic rings. The highest BCUT2D eigenvalue weighted by molar-refractivity contribution is 5.98. The van der Waals surface area contributed by atoms with Gasteiger partial charge in [0, 0.05) is 16.7 Å². The summed E-state index contributed by atoms with van der Waals surface area (Å²) in [5, 5.41) is -0.240. The minimum absolute atomic E-state index is 0.00754. The highest BCUT2D eigenvalue weighted by atomic mass is 19.4. The lowest BCUT2D eigenvalue weighted by Crippen LogP contribution is -2.20. The average Bonchev–Trinajstić information content (AvgIpc) is 2.98. The van der Waals surface area contributed by atoms with Crippen molar-refractivity contribution in [1.29, 1.82) is 0 Å². The van der Waals surface area contributed by atoms with Crippen molar-refractivity contribution in [2.45, 2.75) is 64.1 Å². The molecule has 1 saturated heterocycles. The third-order valence-electron chi connectivity index (χ3n) is 8.00. The number of esters is 1. The maximum Gasteiger partial charge on any atom is 0.458 e. The molecule has 1 aliphatic heterocycles. The number of alkyl halides is 3. The molecule has 1 aliphatic rings. The maximum atomic E-state index is 15.5. The fourth-order valence-electron chi connectivity index (χ4n) is 5.67. The van der Waals surface area contributed by atoms with E-state index in [0.29, 0.717) is 18.6 Å². The van der Waals surface area contributed by atoms with Gasteiger partial charge in [-0.2, -0.15) is 13.2 Å². The molecule has 0 N–H and O–H groups in total. The van der Waals surface area contributed by atoms with Crippen LogP contribution in [0.2, 0.25) is 0 Å². The average molecular weight is 631 g/mol. The number of rotatable bonds is 8. The van der Waals surface area contributed by atoms with E-state index in [1.54, 1.807) is 12.1 Å². The molecule has 4 aromatic carbocycles. The number of benzene rings is 4. The van der Waals surface area contributed by atoms with Crippen LogP contribution in [0.5, 0.6) is 5.75 Å². The van der Waals surface area contributed by atoms with Gasteiger partial charge in [0.25, 0.3) is 0 Å². The van der Waals surface area contributed by atoms with Crippen molar-refractivity contribution in [2.75, 3.05) is 6.61 Å². The summed E-state index contributed by atoms with van der Waals surface area (Å²) in [6.07, 6.45) is 2.55. The lowest BCUT2D eigenvalue weighted by molar-refractivity contribution is -0.0696. The Morgan fingerprint density at radius 3 is 2.31 bits per heavy atom. The molecule has 3 nitrogen and oxygen atoms in total.